The van der Waals surface area contributed by atoms with Crippen molar-refractivity contribution in [3.8, 4) is 0 Å². The van der Waals surface area contributed by atoms with E-state index < -0.39 is 10.0 Å². The van der Waals surface area contributed by atoms with Crippen LogP contribution in [-0.4, -0.2) is 37.6 Å². The highest BCUT2D eigenvalue weighted by molar-refractivity contribution is 7.89. The zero-order chi connectivity index (χ0) is 21.9. The Balaban J connectivity index is 1.63. The summed E-state index contributed by atoms with van der Waals surface area (Å²) in [5.74, 6) is -0.713. The zero-order valence-corrected chi connectivity index (χ0v) is 18.5. The molecule has 0 radical (unpaired) electrons. The molecule has 0 bridgehead atoms. The van der Waals surface area contributed by atoms with E-state index in [1.54, 1.807) is 24.3 Å². The van der Waals surface area contributed by atoms with Gasteiger partial charge in [0.15, 0.2) is 0 Å². The van der Waals surface area contributed by atoms with Gasteiger partial charge in [-0.15, -0.1) is 0 Å². The molecule has 7 nitrogen and oxygen atoms in total. The summed E-state index contributed by atoms with van der Waals surface area (Å²) in [7, 11) is -3.80. The number of amides is 2. The molecule has 0 saturated carbocycles. The molecular weight excluding hydrogens is 449 g/mol. The molecule has 1 fully saturated rings. The Morgan fingerprint density at radius 3 is 2.27 bits per heavy atom. The van der Waals surface area contributed by atoms with Gasteiger partial charge in [-0.1, -0.05) is 29.3 Å². The first-order valence-corrected chi connectivity index (χ1v) is 11.5. The average Bonchev–Trinajstić information content (AvgIpc) is 2.69. The van der Waals surface area contributed by atoms with Crippen LogP contribution in [0.1, 0.15) is 19.8 Å². The van der Waals surface area contributed by atoms with Gasteiger partial charge in [0.2, 0.25) is 21.8 Å². The number of nitrogens with one attached hydrogen (secondary N) is 2. The molecule has 0 aliphatic carbocycles. The summed E-state index contributed by atoms with van der Waals surface area (Å²) >= 11 is 12.0. The van der Waals surface area contributed by atoms with E-state index >= 15 is 0 Å². The molecule has 10 heteroatoms. The highest BCUT2D eigenvalue weighted by atomic mass is 35.5. The Labute approximate surface area is 185 Å². The van der Waals surface area contributed by atoms with Crippen LogP contribution in [0.3, 0.4) is 0 Å². The summed E-state index contributed by atoms with van der Waals surface area (Å²) < 4.78 is 27.1. The third-order valence-corrected chi connectivity index (χ3v) is 7.40. The number of carbonyl (C=O) groups is 2. The standard InChI is InChI=1S/C20H21Cl2N3O4S/c1-13(26)23-16-3-2-4-17(12-16)24-20(27)14-7-9-25(10-8-14)30(28,29)19-11-15(21)5-6-18(19)22/h2-6,11-12,14H,7-10H2,1H3,(H,23,26)(H,24,27). The molecule has 0 unspecified atom stereocenters. The largest absolute Gasteiger partial charge is 0.326 e. The number of halogens is 2. The molecule has 0 atom stereocenters. The van der Waals surface area contributed by atoms with E-state index in [0.29, 0.717) is 24.2 Å². The van der Waals surface area contributed by atoms with Crippen molar-refractivity contribution in [1.29, 1.82) is 0 Å². The fourth-order valence-electron chi connectivity index (χ4n) is 3.29. The third kappa shape index (κ3) is 5.31. The lowest BCUT2D eigenvalue weighted by atomic mass is 9.97. The minimum atomic E-state index is -3.80. The van der Waals surface area contributed by atoms with Gasteiger partial charge in [0.25, 0.3) is 0 Å². The Kier molecular flexibility index (Phi) is 7.02. The van der Waals surface area contributed by atoms with Crippen molar-refractivity contribution in [3.63, 3.8) is 0 Å². The number of nitrogens with zero attached hydrogens (tertiary/aromatic N) is 1. The van der Waals surface area contributed by atoms with Gasteiger partial charge >= 0.3 is 0 Å². The smallest absolute Gasteiger partial charge is 0.244 e. The fourth-order valence-corrected chi connectivity index (χ4v) is 5.50. The molecule has 2 aromatic carbocycles. The first kappa shape index (κ1) is 22.6. The van der Waals surface area contributed by atoms with Crippen molar-refractivity contribution in [3.05, 3.63) is 52.5 Å². The van der Waals surface area contributed by atoms with Crippen LogP contribution in [0.2, 0.25) is 10.0 Å². The molecule has 2 amide bonds. The Morgan fingerprint density at radius 1 is 1.00 bits per heavy atom. The number of piperidine rings is 1. The molecule has 2 aromatic rings. The number of carbonyl (C=O) groups excluding carboxylic acids is 2. The highest BCUT2D eigenvalue weighted by Gasteiger charge is 2.33. The van der Waals surface area contributed by atoms with Crippen LogP contribution in [-0.2, 0) is 19.6 Å². The van der Waals surface area contributed by atoms with Crippen molar-refractivity contribution in [1.82, 2.24) is 4.31 Å². The maximum atomic E-state index is 12.9. The van der Waals surface area contributed by atoms with Gasteiger partial charge in [0.1, 0.15) is 4.90 Å². The lowest BCUT2D eigenvalue weighted by Crippen LogP contribution is -2.41. The monoisotopic (exact) mass is 469 g/mol. The number of hydrogen-bond acceptors (Lipinski definition) is 4. The van der Waals surface area contributed by atoms with Gasteiger partial charge in [-0.3, -0.25) is 9.59 Å². The minimum absolute atomic E-state index is 0.0330. The summed E-state index contributed by atoms with van der Waals surface area (Å²) in [5, 5.41) is 5.89. The summed E-state index contributed by atoms with van der Waals surface area (Å²) in [5.41, 5.74) is 1.15. The van der Waals surface area contributed by atoms with E-state index in [9.17, 15) is 18.0 Å². The van der Waals surface area contributed by atoms with Crippen LogP contribution in [0.15, 0.2) is 47.4 Å². The van der Waals surface area contributed by atoms with Crippen LogP contribution in [0.4, 0.5) is 11.4 Å². The van der Waals surface area contributed by atoms with E-state index in [0.717, 1.165) is 0 Å². The SMILES string of the molecule is CC(=O)Nc1cccc(NC(=O)C2CCN(S(=O)(=O)c3cc(Cl)ccc3Cl)CC2)c1. The number of anilines is 2. The van der Waals surface area contributed by atoms with Gasteiger partial charge in [0, 0.05) is 42.3 Å². The predicted molar refractivity (Wildman–Crippen MR) is 117 cm³/mol. The van der Waals surface area contributed by atoms with Crippen molar-refractivity contribution >= 4 is 56.4 Å². The summed E-state index contributed by atoms with van der Waals surface area (Å²) in [6.45, 7) is 1.81. The van der Waals surface area contributed by atoms with Crippen molar-refractivity contribution in [2.75, 3.05) is 23.7 Å². The minimum Gasteiger partial charge on any atom is -0.326 e. The third-order valence-electron chi connectivity index (χ3n) is 4.79. The molecule has 160 valence electrons. The van der Waals surface area contributed by atoms with E-state index in [1.165, 1.54) is 29.4 Å². The summed E-state index contributed by atoms with van der Waals surface area (Å²) in [4.78, 5) is 23.8. The van der Waals surface area contributed by atoms with E-state index in [2.05, 4.69) is 10.6 Å². The van der Waals surface area contributed by atoms with Gasteiger partial charge in [-0.05, 0) is 49.2 Å². The van der Waals surface area contributed by atoms with Crippen molar-refractivity contribution in [2.45, 2.75) is 24.7 Å². The molecule has 0 aromatic heterocycles. The summed E-state index contributed by atoms with van der Waals surface area (Å²) in [6.07, 6.45) is 0.767. The van der Waals surface area contributed by atoms with Crippen molar-refractivity contribution in [2.24, 2.45) is 5.92 Å². The predicted octanol–water partition coefficient (Wildman–Crippen LogP) is 3.99. The van der Waals surface area contributed by atoms with Crippen LogP contribution in [0, 0.1) is 5.92 Å². The van der Waals surface area contributed by atoms with Crippen LogP contribution >= 0.6 is 23.2 Å². The molecule has 3 rings (SSSR count). The molecule has 0 spiro atoms. The molecule has 30 heavy (non-hydrogen) atoms. The maximum Gasteiger partial charge on any atom is 0.244 e. The first-order valence-electron chi connectivity index (χ1n) is 9.30. The van der Waals surface area contributed by atoms with E-state index in [4.69, 9.17) is 23.2 Å². The Bertz CT molecular complexity index is 1070. The number of rotatable bonds is 5. The molecular formula is C20H21Cl2N3O4S. The maximum absolute atomic E-state index is 12.9. The van der Waals surface area contributed by atoms with Crippen LogP contribution in [0.5, 0.6) is 0 Å². The quantitative estimate of drug-likeness (QED) is 0.691. The first-order chi connectivity index (χ1) is 14.2. The second-order valence-electron chi connectivity index (χ2n) is 7.00. The van der Waals surface area contributed by atoms with Crippen molar-refractivity contribution < 1.29 is 18.0 Å². The highest BCUT2D eigenvalue weighted by Crippen LogP contribution is 2.30. The number of benzene rings is 2. The summed E-state index contributed by atoms with van der Waals surface area (Å²) in [6, 6.07) is 11.2. The fraction of sp³-hybridized carbons (Fsp3) is 0.300. The van der Waals surface area contributed by atoms with Gasteiger partial charge in [-0.2, -0.15) is 4.31 Å². The molecule has 1 saturated heterocycles. The molecule has 1 aliphatic rings. The molecule has 2 N–H and O–H groups in total. The van der Waals surface area contributed by atoms with Crippen LogP contribution < -0.4 is 10.6 Å². The zero-order valence-electron chi connectivity index (χ0n) is 16.2. The number of hydrogen-bond donors (Lipinski definition) is 2. The normalized spacial score (nSPS) is 15.6. The Morgan fingerprint density at radius 2 is 1.63 bits per heavy atom. The van der Waals surface area contributed by atoms with Gasteiger partial charge < -0.3 is 10.6 Å². The molecule has 1 heterocycles. The lowest BCUT2D eigenvalue weighted by Gasteiger charge is -2.30. The van der Waals surface area contributed by atoms with Gasteiger partial charge in [-0.25, -0.2) is 8.42 Å². The lowest BCUT2D eigenvalue weighted by molar-refractivity contribution is -0.121. The van der Waals surface area contributed by atoms with Gasteiger partial charge in [0.05, 0.1) is 5.02 Å². The van der Waals surface area contributed by atoms with E-state index in [1.807, 2.05) is 0 Å². The number of sulfonamides is 1. The molecule has 1 aliphatic heterocycles. The Hall–Kier alpha value is -2.13. The average molecular weight is 470 g/mol. The second kappa shape index (κ2) is 9.34. The second-order valence-corrected chi connectivity index (χ2v) is 9.75. The van der Waals surface area contributed by atoms with E-state index in [-0.39, 0.29) is 45.8 Å². The topological polar surface area (TPSA) is 95.6 Å². The van der Waals surface area contributed by atoms with Crippen LogP contribution in [0.25, 0.3) is 0 Å².